The van der Waals surface area contributed by atoms with Gasteiger partial charge in [-0.1, -0.05) is 6.42 Å². The number of hydrogen-bond donors (Lipinski definition) is 0. The van der Waals surface area contributed by atoms with Crippen LogP contribution in [-0.2, 0) is 17.7 Å². The van der Waals surface area contributed by atoms with Crippen LogP contribution in [0.25, 0.3) is 0 Å². The quantitative estimate of drug-likeness (QED) is 0.748. The molecule has 0 atom stereocenters. The molecule has 1 aliphatic heterocycles. The highest BCUT2D eigenvalue weighted by atomic mass is 79.9. The molecule has 0 aromatic carbocycles. The van der Waals surface area contributed by atoms with Crippen LogP contribution in [0, 0.1) is 6.92 Å². The molecule has 1 aromatic heterocycles. The Labute approximate surface area is 114 Å². The molecule has 98 valence electrons. The third kappa shape index (κ3) is 2.11. The normalized spacial score (nSPS) is 14.8. The van der Waals surface area contributed by atoms with Crippen molar-refractivity contribution in [1.82, 2.24) is 4.57 Å². The first-order chi connectivity index (χ1) is 8.57. The first-order valence-corrected chi connectivity index (χ1v) is 6.87. The number of aromatic nitrogens is 1. The Kier molecular flexibility index (Phi) is 3.90. The van der Waals surface area contributed by atoms with Crippen LogP contribution in [0.5, 0.6) is 0 Å². The van der Waals surface area contributed by atoms with Gasteiger partial charge in [-0.15, -0.1) is 0 Å². The van der Waals surface area contributed by atoms with Crippen molar-refractivity contribution in [3.8, 4) is 0 Å². The topological polar surface area (TPSA) is 48.3 Å². The fraction of sp³-hybridized carbons (Fsp3) is 0.538. The van der Waals surface area contributed by atoms with Crippen molar-refractivity contribution in [2.75, 3.05) is 7.11 Å². The fourth-order valence-electron chi connectivity index (χ4n) is 2.48. The lowest BCUT2D eigenvalue weighted by Gasteiger charge is -2.18. The lowest BCUT2D eigenvalue weighted by atomic mass is 10.1. The van der Waals surface area contributed by atoms with Crippen molar-refractivity contribution in [2.45, 2.75) is 39.2 Å². The van der Waals surface area contributed by atoms with Crippen LogP contribution in [0.15, 0.2) is 9.27 Å². The van der Waals surface area contributed by atoms with Gasteiger partial charge in [0.15, 0.2) is 0 Å². The molecule has 0 N–H and O–H groups in total. The highest BCUT2D eigenvalue weighted by molar-refractivity contribution is 9.10. The minimum Gasteiger partial charge on any atom is -0.465 e. The molecule has 0 fully saturated rings. The van der Waals surface area contributed by atoms with Gasteiger partial charge in [-0.3, -0.25) is 4.79 Å². The van der Waals surface area contributed by atoms with E-state index in [-0.39, 0.29) is 11.0 Å². The van der Waals surface area contributed by atoms with E-state index in [1.807, 2.05) is 6.92 Å². The molecular formula is C13H16BrNO3. The van der Waals surface area contributed by atoms with E-state index in [2.05, 4.69) is 20.5 Å². The van der Waals surface area contributed by atoms with E-state index < -0.39 is 5.97 Å². The van der Waals surface area contributed by atoms with Gasteiger partial charge in [-0.05, 0) is 42.1 Å². The fourth-order valence-corrected chi connectivity index (χ4v) is 2.89. The Balaban J connectivity index is 2.76. The molecule has 1 aliphatic rings. The molecule has 0 saturated heterocycles. The summed E-state index contributed by atoms with van der Waals surface area (Å²) < 4.78 is 7.29. The third-order valence-electron chi connectivity index (χ3n) is 3.45. The highest BCUT2D eigenvalue weighted by Gasteiger charge is 2.24. The smallest absolute Gasteiger partial charge is 0.343 e. The van der Waals surface area contributed by atoms with Crippen molar-refractivity contribution >= 4 is 21.9 Å². The van der Waals surface area contributed by atoms with Crippen LogP contribution < -0.4 is 5.43 Å². The van der Waals surface area contributed by atoms with Crippen LogP contribution >= 0.6 is 15.9 Å². The molecule has 0 saturated carbocycles. The Morgan fingerprint density at radius 1 is 1.33 bits per heavy atom. The molecule has 0 aliphatic carbocycles. The van der Waals surface area contributed by atoms with E-state index in [1.165, 1.54) is 7.11 Å². The second kappa shape index (κ2) is 5.26. The summed E-state index contributed by atoms with van der Waals surface area (Å²) in [6.45, 7) is 2.76. The summed E-state index contributed by atoms with van der Waals surface area (Å²) >= 11 is 3.29. The largest absolute Gasteiger partial charge is 0.465 e. The number of carbonyl (C=O) groups excluding carboxylic acids is 1. The summed E-state index contributed by atoms with van der Waals surface area (Å²) in [6, 6.07) is 0. The molecule has 2 rings (SSSR count). The molecule has 0 amide bonds. The number of hydrogen-bond acceptors (Lipinski definition) is 3. The van der Waals surface area contributed by atoms with E-state index in [0.29, 0.717) is 4.47 Å². The number of rotatable bonds is 1. The molecule has 0 spiro atoms. The number of carbonyl (C=O) groups is 1. The van der Waals surface area contributed by atoms with Gasteiger partial charge in [0.2, 0.25) is 5.43 Å². The first kappa shape index (κ1) is 13.3. The Bertz CT molecular complexity index is 548. The van der Waals surface area contributed by atoms with E-state index in [4.69, 9.17) is 4.74 Å². The molecule has 0 bridgehead atoms. The van der Waals surface area contributed by atoms with Gasteiger partial charge in [-0.25, -0.2) is 4.79 Å². The first-order valence-electron chi connectivity index (χ1n) is 6.08. The highest BCUT2D eigenvalue weighted by Crippen LogP contribution is 2.23. The average Bonchev–Trinajstić information content (AvgIpc) is 2.61. The van der Waals surface area contributed by atoms with Gasteiger partial charge in [0.05, 0.1) is 11.6 Å². The van der Waals surface area contributed by atoms with Gasteiger partial charge < -0.3 is 9.30 Å². The summed E-state index contributed by atoms with van der Waals surface area (Å²) in [7, 11) is 1.31. The van der Waals surface area contributed by atoms with Crippen LogP contribution in [0.3, 0.4) is 0 Å². The molecule has 2 heterocycles. The SMILES string of the molecule is COC(=O)c1c2n(c(C)c(Br)c1=O)CCCCC2. The zero-order valence-corrected chi connectivity index (χ0v) is 12.2. The zero-order chi connectivity index (χ0) is 13.3. The maximum absolute atomic E-state index is 12.2. The van der Waals surface area contributed by atoms with Gasteiger partial charge in [0.25, 0.3) is 0 Å². The molecule has 4 nitrogen and oxygen atoms in total. The lowest BCUT2D eigenvalue weighted by molar-refractivity contribution is 0.0596. The van der Waals surface area contributed by atoms with Crippen LogP contribution in [0.1, 0.15) is 41.0 Å². The van der Waals surface area contributed by atoms with Crippen molar-refractivity contribution in [3.63, 3.8) is 0 Å². The van der Waals surface area contributed by atoms with Crippen LogP contribution in [-0.4, -0.2) is 17.6 Å². The van der Waals surface area contributed by atoms with E-state index >= 15 is 0 Å². The number of halogens is 1. The molecule has 18 heavy (non-hydrogen) atoms. The van der Waals surface area contributed by atoms with Gasteiger partial charge in [0.1, 0.15) is 5.56 Å². The monoisotopic (exact) mass is 313 g/mol. The van der Waals surface area contributed by atoms with Crippen LogP contribution in [0.2, 0.25) is 0 Å². The summed E-state index contributed by atoms with van der Waals surface area (Å²) in [5.74, 6) is -0.536. The molecule has 0 radical (unpaired) electrons. The minimum absolute atomic E-state index is 0.192. The van der Waals surface area contributed by atoms with Gasteiger partial charge in [-0.2, -0.15) is 0 Å². The summed E-state index contributed by atoms with van der Waals surface area (Å²) in [5, 5.41) is 0. The maximum atomic E-state index is 12.2. The second-order valence-corrected chi connectivity index (χ2v) is 5.30. The van der Waals surface area contributed by atoms with Crippen molar-refractivity contribution in [3.05, 3.63) is 31.6 Å². The minimum atomic E-state index is -0.536. The number of esters is 1. The molecular weight excluding hydrogens is 298 g/mol. The molecule has 5 heteroatoms. The zero-order valence-electron chi connectivity index (χ0n) is 10.6. The van der Waals surface area contributed by atoms with Gasteiger partial charge >= 0.3 is 5.97 Å². The summed E-state index contributed by atoms with van der Waals surface area (Å²) in [5.41, 5.74) is 1.65. The predicted octanol–water partition coefficient (Wildman–Crippen LogP) is 2.43. The summed E-state index contributed by atoms with van der Waals surface area (Å²) in [4.78, 5) is 24.0. The van der Waals surface area contributed by atoms with E-state index in [1.54, 1.807) is 0 Å². The Morgan fingerprint density at radius 2 is 2.06 bits per heavy atom. The number of fused-ring (bicyclic) bond motifs is 1. The van der Waals surface area contributed by atoms with Crippen molar-refractivity contribution < 1.29 is 9.53 Å². The lowest BCUT2D eigenvalue weighted by Crippen LogP contribution is -2.26. The third-order valence-corrected chi connectivity index (χ3v) is 4.38. The Morgan fingerprint density at radius 3 is 2.72 bits per heavy atom. The average molecular weight is 314 g/mol. The number of ether oxygens (including phenoxy) is 1. The van der Waals surface area contributed by atoms with Crippen LogP contribution in [0.4, 0.5) is 0 Å². The second-order valence-electron chi connectivity index (χ2n) is 4.50. The number of nitrogens with zero attached hydrogens (tertiary/aromatic N) is 1. The molecule has 0 unspecified atom stereocenters. The van der Waals surface area contributed by atoms with E-state index in [9.17, 15) is 9.59 Å². The predicted molar refractivity (Wildman–Crippen MR) is 72.0 cm³/mol. The van der Waals surface area contributed by atoms with Crippen molar-refractivity contribution in [2.24, 2.45) is 0 Å². The maximum Gasteiger partial charge on any atom is 0.343 e. The molecule has 1 aromatic rings. The summed E-state index contributed by atoms with van der Waals surface area (Å²) in [6.07, 6.45) is 3.95. The van der Waals surface area contributed by atoms with Crippen molar-refractivity contribution in [1.29, 1.82) is 0 Å². The standard InChI is InChI=1S/C13H16BrNO3/c1-8-11(14)12(16)10(13(17)18-2)9-6-4-3-5-7-15(8)9/h3-7H2,1-2H3. The van der Waals surface area contributed by atoms with Gasteiger partial charge in [0, 0.05) is 17.9 Å². The Hall–Kier alpha value is -1.10. The van der Waals surface area contributed by atoms with E-state index in [0.717, 1.165) is 43.6 Å². The number of pyridine rings is 1. The number of methoxy groups -OCH3 is 1.